The highest BCUT2D eigenvalue weighted by Crippen LogP contribution is 2.19. The molecule has 0 radical (unpaired) electrons. The van der Waals surface area contributed by atoms with Gasteiger partial charge in [-0.2, -0.15) is 0 Å². The standard InChI is InChI=1S/C77H142O6/c1-4-7-10-13-16-19-22-25-28-31-33-35-37-39-41-42-44-46-49-52-55-58-61-64-67-70-76(79)82-73-74(72-81-75(78)69-66-63-60-57-54-51-48-30-27-24-21-18-15-12-9-6-3)83-77(80)71-68-65-62-59-56-53-50-47-45-43-40-38-36-34-32-29-26-23-20-17-14-11-8-5-2/h21-22,24-25,30-31,33,48,74H,4-20,23,26-29,32,34-47,49-73H2,1-3H3/b24-21-,25-22-,33-31-,48-30-. The molecular weight excluding hydrogens is 1020 g/mol. The highest BCUT2D eigenvalue weighted by Gasteiger charge is 2.19. The molecule has 0 aliphatic heterocycles. The lowest BCUT2D eigenvalue weighted by Crippen LogP contribution is -2.30. The molecule has 0 aromatic rings. The van der Waals surface area contributed by atoms with E-state index in [0.717, 1.165) is 83.5 Å². The van der Waals surface area contributed by atoms with Crippen molar-refractivity contribution in [3.63, 3.8) is 0 Å². The SMILES string of the molecule is CCCCCC/C=C\C/C=C\CCCCCCCC(=O)OCC(COC(=O)CCCCCCCCCCCCCCC/C=C\C/C=C\CCCCCCC)OC(=O)CCCCCCCCCCCCCCCCCCCCCCCCCC. The zero-order valence-corrected chi connectivity index (χ0v) is 56.0. The summed E-state index contributed by atoms with van der Waals surface area (Å²) in [6.07, 6.45) is 91.5. The predicted molar refractivity (Wildman–Crippen MR) is 362 cm³/mol. The minimum atomic E-state index is -0.779. The summed E-state index contributed by atoms with van der Waals surface area (Å²) in [5.41, 5.74) is 0. The normalized spacial score (nSPS) is 12.3. The average Bonchev–Trinajstić information content (AvgIpc) is 3.50. The second-order valence-electron chi connectivity index (χ2n) is 25.2. The van der Waals surface area contributed by atoms with Crippen molar-refractivity contribution in [3.8, 4) is 0 Å². The number of esters is 3. The molecule has 0 saturated carbocycles. The molecule has 0 N–H and O–H groups in total. The van der Waals surface area contributed by atoms with Gasteiger partial charge >= 0.3 is 17.9 Å². The Hall–Kier alpha value is -2.63. The Morgan fingerprint density at radius 1 is 0.241 bits per heavy atom. The quantitative estimate of drug-likeness (QED) is 0.0261. The molecule has 0 heterocycles. The van der Waals surface area contributed by atoms with E-state index in [1.54, 1.807) is 0 Å². The van der Waals surface area contributed by atoms with Crippen molar-refractivity contribution in [2.24, 2.45) is 0 Å². The zero-order valence-electron chi connectivity index (χ0n) is 56.0. The van der Waals surface area contributed by atoms with Gasteiger partial charge in [-0.3, -0.25) is 14.4 Å². The first-order valence-corrected chi connectivity index (χ1v) is 37.1. The van der Waals surface area contributed by atoms with E-state index in [1.165, 1.54) is 283 Å². The third kappa shape index (κ3) is 70.0. The highest BCUT2D eigenvalue weighted by molar-refractivity contribution is 5.71. The Labute approximate surface area is 518 Å². The van der Waals surface area contributed by atoms with Crippen LogP contribution in [0.2, 0.25) is 0 Å². The Kier molecular flexibility index (Phi) is 69.6. The summed E-state index contributed by atoms with van der Waals surface area (Å²) in [6.45, 7) is 6.68. The van der Waals surface area contributed by atoms with Crippen molar-refractivity contribution in [2.45, 2.75) is 412 Å². The molecule has 83 heavy (non-hydrogen) atoms. The molecule has 0 aliphatic rings. The fraction of sp³-hybridized carbons (Fsp3) is 0.857. The van der Waals surface area contributed by atoms with E-state index in [4.69, 9.17) is 14.2 Å². The van der Waals surface area contributed by atoms with Crippen LogP contribution in [0.4, 0.5) is 0 Å². The lowest BCUT2D eigenvalue weighted by molar-refractivity contribution is -0.167. The van der Waals surface area contributed by atoms with E-state index < -0.39 is 6.10 Å². The van der Waals surface area contributed by atoms with Crippen LogP contribution in [0, 0.1) is 0 Å². The third-order valence-corrected chi connectivity index (χ3v) is 16.8. The molecule has 6 nitrogen and oxygen atoms in total. The maximum Gasteiger partial charge on any atom is 0.306 e. The fourth-order valence-corrected chi connectivity index (χ4v) is 11.2. The lowest BCUT2D eigenvalue weighted by Gasteiger charge is -2.18. The molecule has 6 heteroatoms. The van der Waals surface area contributed by atoms with Crippen LogP contribution in [0.25, 0.3) is 0 Å². The molecule has 486 valence electrons. The van der Waals surface area contributed by atoms with Crippen molar-refractivity contribution < 1.29 is 28.6 Å². The van der Waals surface area contributed by atoms with Crippen molar-refractivity contribution in [3.05, 3.63) is 48.6 Å². The van der Waals surface area contributed by atoms with Gasteiger partial charge in [-0.05, 0) is 83.5 Å². The first kappa shape index (κ1) is 80.4. The van der Waals surface area contributed by atoms with E-state index in [9.17, 15) is 14.4 Å². The van der Waals surface area contributed by atoms with Gasteiger partial charge in [-0.25, -0.2) is 0 Å². The van der Waals surface area contributed by atoms with E-state index in [1.807, 2.05) is 0 Å². The first-order valence-electron chi connectivity index (χ1n) is 37.1. The molecule has 0 aromatic carbocycles. The van der Waals surface area contributed by atoms with Gasteiger partial charge in [0.2, 0.25) is 0 Å². The van der Waals surface area contributed by atoms with Crippen LogP contribution in [0.5, 0.6) is 0 Å². The second-order valence-corrected chi connectivity index (χ2v) is 25.2. The van der Waals surface area contributed by atoms with Gasteiger partial charge in [0.15, 0.2) is 6.10 Å². The van der Waals surface area contributed by atoms with Gasteiger partial charge in [0.1, 0.15) is 13.2 Å². The number of allylic oxidation sites excluding steroid dienone is 8. The van der Waals surface area contributed by atoms with Crippen LogP contribution >= 0.6 is 0 Å². The Morgan fingerprint density at radius 3 is 0.675 bits per heavy atom. The number of carbonyl (C=O) groups is 3. The minimum Gasteiger partial charge on any atom is -0.462 e. The van der Waals surface area contributed by atoms with Crippen molar-refractivity contribution >= 4 is 17.9 Å². The summed E-state index contributed by atoms with van der Waals surface area (Å²) in [5, 5.41) is 0. The largest absolute Gasteiger partial charge is 0.462 e. The number of hydrogen-bond acceptors (Lipinski definition) is 6. The van der Waals surface area contributed by atoms with E-state index in [-0.39, 0.29) is 31.1 Å². The summed E-state index contributed by atoms with van der Waals surface area (Å²) >= 11 is 0. The molecule has 0 saturated heterocycles. The molecule has 0 aliphatic carbocycles. The number of rotatable bonds is 69. The third-order valence-electron chi connectivity index (χ3n) is 16.8. The van der Waals surface area contributed by atoms with Crippen LogP contribution in [-0.2, 0) is 28.6 Å². The number of carbonyl (C=O) groups excluding carboxylic acids is 3. The van der Waals surface area contributed by atoms with Crippen LogP contribution in [-0.4, -0.2) is 37.2 Å². The summed E-state index contributed by atoms with van der Waals surface area (Å²) in [4.78, 5) is 38.5. The van der Waals surface area contributed by atoms with Gasteiger partial charge in [0.25, 0.3) is 0 Å². The molecule has 0 amide bonds. The number of ether oxygens (including phenoxy) is 3. The molecule has 0 bridgehead atoms. The number of hydrogen-bond donors (Lipinski definition) is 0. The smallest absolute Gasteiger partial charge is 0.306 e. The van der Waals surface area contributed by atoms with Crippen LogP contribution in [0.3, 0.4) is 0 Å². The maximum atomic E-state index is 13.0. The van der Waals surface area contributed by atoms with E-state index in [2.05, 4.69) is 69.4 Å². The van der Waals surface area contributed by atoms with Crippen molar-refractivity contribution in [1.29, 1.82) is 0 Å². The summed E-state index contributed by atoms with van der Waals surface area (Å²) < 4.78 is 17.0. The summed E-state index contributed by atoms with van der Waals surface area (Å²) in [5.74, 6) is -0.858. The Morgan fingerprint density at radius 2 is 0.434 bits per heavy atom. The molecule has 1 atom stereocenters. The van der Waals surface area contributed by atoms with E-state index >= 15 is 0 Å². The van der Waals surface area contributed by atoms with Crippen LogP contribution in [0.15, 0.2) is 48.6 Å². The monoisotopic (exact) mass is 1160 g/mol. The molecule has 0 spiro atoms. The average molecular weight is 1160 g/mol. The topological polar surface area (TPSA) is 78.9 Å². The molecule has 1 unspecified atom stereocenters. The molecule has 0 rings (SSSR count). The van der Waals surface area contributed by atoms with Crippen molar-refractivity contribution in [2.75, 3.05) is 13.2 Å². The summed E-state index contributed by atoms with van der Waals surface area (Å²) in [7, 11) is 0. The zero-order chi connectivity index (χ0) is 59.9. The van der Waals surface area contributed by atoms with Crippen molar-refractivity contribution in [1.82, 2.24) is 0 Å². The van der Waals surface area contributed by atoms with Gasteiger partial charge < -0.3 is 14.2 Å². The highest BCUT2D eigenvalue weighted by atomic mass is 16.6. The second kappa shape index (κ2) is 71.8. The van der Waals surface area contributed by atoms with Crippen LogP contribution < -0.4 is 0 Å². The predicted octanol–water partition coefficient (Wildman–Crippen LogP) is 25.7. The molecule has 0 aromatic heterocycles. The minimum absolute atomic E-state index is 0.0735. The van der Waals surface area contributed by atoms with Gasteiger partial charge in [-0.15, -0.1) is 0 Å². The van der Waals surface area contributed by atoms with Gasteiger partial charge in [0.05, 0.1) is 0 Å². The molecular formula is C77H142O6. The summed E-state index contributed by atoms with van der Waals surface area (Å²) in [6, 6.07) is 0. The maximum absolute atomic E-state index is 13.0. The van der Waals surface area contributed by atoms with Gasteiger partial charge in [-0.1, -0.05) is 352 Å². The van der Waals surface area contributed by atoms with E-state index in [0.29, 0.717) is 19.3 Å². The van der Waals surface area contributed by atoms with Gasteiger partial charge in [0, 0.05) is 19.3 Å². The Balaban J connectivity index is 4.28. The number of unbranched alkanes of at least 4 members (excludes halogenated alkanes) is 50. The first-order chi connectivity index (χ1) is 41.0. The molecule has 0 fully saturated rings. The lowest BCUT2D eigenvalue weighted by atomic mass is 10.0. The fourth-order valence-electron chi connectivity index (χ4n) is 11.2. The van der Waals surface area contributed by atoms with Crippen LogP contribution in [0.1, 0.15) is 406 Å². The Bertz CT molecular complexity index is 1430.